The first-order valence-electron chi connectivity index (χ1n) is 5.12. The number of ether oxygens (including phenoxy) is 2. The molecule has 85 valence electrons. The molecular weight excluding hydrogens is 216 g/mol. The monoisotopic (exact) mass is 227 g/mol. The normalized spacial score (nSPS) is 9.71. The van der Waals surface area contributed by atoms with Crippen LogP contribution in [-0.2, 0) is 4.79 Å². The largest absolute Gasteiger partial charge is 0.497 e. The molecule has 3 nitrogen and oxygen atoms in total. The topological polar surface area (TPSA) is 35.5 Å². The fourth-order valence-electron chi connectivity index (χ4n) is 1.39. The van der Waals surface area contributed by atoms with Gasteiger partial charge in [0.2, 0.25) is 6.29 Å². The molecule has 2 aromatic carbocycles. The van der Waals surface area contributed by atoms with E-state index >= 15 is 0 Å². The molecule has 0 aromatic heterocycles. The molecule has 0 saturated carbocycles. The Morgan fingerprint density at radius 3 is 2.29 bits per heavy atom. The molecule has 1 radical (unpaired) electrons. The van der Waals surface area contributed by atoms with Gasteiger partial charge in [-0.3, -0.25) is 4.79 Å². The lowest BCUT2D eigenvalue weighted by Crippen LogP contribution is -1.87. The highest BCUT2D eigenvalue weighted by atomic mass is 16.5. The van der Waals surface area contributed by atoms with Crippen LogP contribution in [0.15, 0.2) is 48.5 Å². The van der Waals surface area contributed by atoms with E-state index in [-0.39, 0.29) is 0 Å². The van der Waals surface area contributed by atoms with Crippen molar-refractivity contribution in [1.29, 1.82) is 0 Å². The van der Waals surface area contributed by atoms with E-state index in [1.54, 1.807) is 37.4 Å². The van der Waals surface area contributed by atoms with Crippen LogP contribution in [0.4, 0.5) is 0 Å². The number of carbonyl (C=O) groups excluding carboxylic acids is 1. The zero-order chi connectivity index (χ0) is 12.1. The lowest BCUT2D eigenvalue weighted by molar-refractivity contribution is 0.409. The van der Waals surface area contributed by atoms with E-state index in [1.807, 2.05) is 24.5 Å². The molecule has 3 heteroatoms. The van der Waals surface area contributed by atoms with E-state index in [0.29, 0.717) is 17.1 Å². The van der Waals surface area contributed by atoms with Crippen molar-refractivity contribution in [2.45, 2.75) is 0 Å². The fourth-order valence-corrected chi connectivity index (χ4v) is 1.39. The molecule has 0 fully saturated rings. The van der Waals surface area contributed by atoms with Crippen LogP contribution in [0.1, 0.15) is 5.56 Å². The van der Waals surface area contributed by atoms with E-state index in [4.69, 9.17) is 9.47 Å². The quantitative estimate of drug-likeness (QED) is 0.805. The van der Waals surface area contributed by atoms with Crippen LogP contribution >= 0.6 is 0 Å². The number of methoxy groups -OCH3 is 1. The number of hydrogen-bond acceptors (Lipinski definition) is 3. The lowest BCUT2D eigenvalue weighted by atomic mass is 10.2. The molecule has 2 rings (SSSR count). The molecule has 2 aromatic rings. The van der Waals surface area contributed by atoms with Crippen molar-refractivity contribution in [2.24, 2.45) is 0 Å². The third-order valence-electron chi connectivity index (χ3n) is 2.25. The van der Waals surface area contributed by atoms with Crippen molar-refractivity contribution in [1.82, 2.24) is 0 Å². The molecule has 0 bridgehead atoms. The van der Waals surface area contributed by atoms with Gasteiger partial charge < -0.3 is 9.47 Å². The standard InChI is InChI=1S/C14H11O3/c1-16-13-3-2-4-14(9-13)17-12-7-5-11(10-15)6-8-12/h2-9H,1H3. The molecule has 0 N–H and O–H groups in total. The highest BCUT2D eigenvalue weighted by molar-refractivity contribution is 5.75. The summed E-state index contributed by atoms with van der Waals surface area (Å²) in [6, 6.07) is 14.1. The van der Waals surface area contributed by atoms with Crippen LogP contribution in [0.2, 0.25) is 0 Å². The van der Waals surface area contributed by atoms with E-state index in [9.17, 15) is 4.79 Å². The highest BCUT2D eigenvalue weighted by Gasteiger charge is 1.99. The average Bonchev–Trinajstić information content (AvgIpc) is 2.40. The zero-order valence-electron chi connectivity index (χ0n) is 9.34. The Bertz CT molecular complexity index is 503. The highest BCUT2D eigenvalue weighted by Crippen LogP contribution is 2.24. The minimum absolute atomic E-state index is 0.503. The Labute approximate surface area is 99.6 Å². The van der Waals surface area contributed by atoms with Gasteiger partial charge >= 0.3 is 0 Å². The van der Waals surface area contributed by atoms with Gasteiger partial charge in [0, 0.05) is 11.6 Å². The molecule has 0 heterocycles. The first kappa shape index (κ1) is 11.2. The molecule has 0 aliphatic heterocycles. The van der Waals surface area contributed by atoms with Gasteiger partial charge in [-0.15, -0.1) is 0 Å². The van der Waals surface area contributed by atoms with Crippen LogP contribution in [0.25, 0.3) is 0 Å². The van der Waals surface area contributed by atoms with Crippen molar-refractivity contribution in [3.05, 3.63) is 54.1 Å². The smallest absolute Gasteiger partial charge is 0.233 e. The lowest BCUT2D eigenvalue weighted by Gasteiger charge is -2.07. The van der Waals surface area contributed by atoms with Gasteiger partial charge in [-0.25, -0.2) is 0 Å². The molecule has 17 heavy (non-hydrogen) atoms. The van der Waals surface area contributed by atoms with E-state index in [2.05, 4.69) is 0 Å². The third kappa shape index (κ3) is 2.84. The molecule has 0 spiro atoms. The van der Waals surface area contributed by atoms with Gasteiger partial charge in [-0.2, -0.15) is 0 Å². The number of hydrogen-bond donors (Lipinski definition) is 0. The molecule has 0 atom stereocenters. The Kier molecular flexibility index (Phi) is 3.40. The summed E-state index contributed by atoms with van der Waals surface area (Å²) in [5, 5.41) is 0. The van der Waals surface area contributed by atoms with E-state index in [0.717, 1.165) is 5.75 Å². The summed E-state index contributed by atoms with van der Waals surface area (Å²) < 4.78 is 10.7. The summed E-state index contributed by atoms with van der Waals surface area (Å²) >= 11 is 0. The summed E-state index contributed by atoms with van der Waals surface area (Å²) in [6.45, 7) is 0. The van der Waals surface area contributed by atoms with Crippen molar-refractivity contribution in [3.63, 3.8) is 0 Å². The predicted octanol–water partition coefficient (Wildman–Crippen LogP) is 2.95. The van der Waals surface area contributed by atoms with Gasteiger partial charge in [0.05, 0.1) is 7.11 Å². The van der Waals surface area contributed by atoms with Crippen molar-refractivity contribution >= 4 is 6.29 Å². The Balaban J connectivity index is 2.15. The van der Waals surface area contributed by atoms with E-state index < -0.39 is 0 Å². The first-order valence-corrected chi connectivity index (χ1v) is 5.12. The van der Waals surface area contributed by atoms with Gasteiger partial charge in [0.1, 0.15) is 17.2 Å². The SMILES string of the molecule is COc1cccc(Oc2ccc([C]=O)cc2)c1. The fraction of sp³-hybridized carbons (Fsp3) is 0.0714. The zero-order valence-corrected chi connectivity index (χ0v) is 9.34. The summed E-state index contributed by atoms with van der Waals surface area (Å²) in [6.07, 6.45) is 1.81. The number of benzene rings is 2. The summed E-state index contributed by atoms with van der Waals surface area (Å²) in [5.41, 5.74) is 0.503. The van der Waals surface area contributed by atoms with Crippen LogP contribution in [0, 0.1) is 0 Å². The number of rotatable bonds is 4. The second kappa shape index (κ2) is 5.16. The van der Waals surface area contributed by atoms with Crippen molar-refractivity contribution in [2.75, 3.05) is 7.11 Å². The third-order valence-corrected chi connectivity index (χ3v) is 2.25. The second-order valence-corrected chi connectivity index (χ2v) is 3.41. The molecule has 0 aliphatic rings. The Hall–Kier alpha value is -2.29. The van der Waals surface area contributed by atoms with Gasteiger partial charge in [0.15, 0.2) is 0 Å². The summed E-state index contributed by atoms with van der Waals surface area (Å²) in [7, 11) is 1.60. The van der Waals surface area contributed by atoms with Crippen molar-refractivity contribution < 1.29 is 14.3 Å². The maximum atomic E-state index is 10.4. The predicted molar refractivity (Wildman–Crippen MR) is 64.3 cm³/mol. The van der Waals surface area contributed by atoms with Gasteiger partial charge in [-0.05, 0) is 36.4 Å². The molecule has 0 saturated heterocycles. The van der Waals surface area contributed by atoms with E-state index in [1.165, 1.54) is 0 Å². The molecular formula is C14H11O3. The van der Waals surface area contributed by atoms with Crippen LogP contribution in [0.3, 0.4) is 0 Å². The summed E-state index contributed by atoms with van der Waals surface area (Å²) in [5.74, 6) is 2.09. The Morgan fingerprint density at radius 1 is 0.941 bits per heavy atom. The average molecular weight is 227 g/mol. The first-order chi connectivity index (χ1) is 8.31. The minimum atomic E-state index is 0.503. The maximum Gasteiger partial charge on any atom is 0.233 e. The Morgan fingerprint density at radius 2 is 1.65 bits per heavy atom. The van der Waals surface area contributed by atoms with Gasteiger partial charge in [0.25, 0.3) is 0 Å². The molecule has 0 aliphatic carbocycles. The molecule has 0 unspecified atom stereocenters. The maximum absolute atomic E-state index is 10.4. The second-order valence-electron chi connectivity index (χ2n) is 3.41. The van der Waals surface area contributed by atoms with Crippen LogP contribution in [-0.4, -0.2) is 13.4 Å². The van der Waals surface area contributed by atoms with Crippen LogP contribution in [0.5, 0.6) is 17.2 Å². The van der Waals surface area contributed by atoms with Crippen molar-refractivity contribution in [3.8, 4) is 17.2 Å². The minimum Gasteiger partial charge on any atom is -0.497 e. The van der Waals surface area contributed by atoms with Crippen LogP contribution < -0.4 is 9.47 Å². The molecule has 0 amide bonds. The summed E-state index contributed by atoms with van der Waals surface area (Å²) in [4.78, 5) is 10.4. The van der Waals surface area contributed by atoms with Gasteiger partial charge in [-0.1, -0.05) is 6.07 Å².